The smallest absolute Gasteiger partial charge is 0.306 e. The van der Waals surface area contributed by atoms with E-state index in [9.17, 15) is 19.0 Å². The maximum atomic E-state index is 12.8. The van der Waals surface area contributed by atoms with Crippen LogP contribution in [0.15, 0.2) is 24.3 Å². The second-order valence-corrected chi connectivity index (χ2v) is 21.7. The van der Waals surface area contributed by atoms with Gasteiger partial charge in [-0.2, -0.15) is 0 Å². The van der Waals surface area contributed by atoms with Gasteiger partial charge in [-0.3, -0.25) is 14.2 Å². The van der Waals surface area contributed by atoms with Crippen molar-refractivity contribution in [1.29, 1.82) is 0 Å². The number of allylic oxidation sites excluding steroid dienone is 4. The Balaban J connectivity index is 4.15. The number of esters is 2. The fourth-order valence-electron chi connectivity index (χ4n) is 8.10. The number of carbonyl (C=O) groups excluding carboxylic acids is 2. The van der Waals surface area contributed by atoms with E-state index in [0.29, 0.717) is 17.4 Å². The van der Waals surface area contributed by atoms with E-state index >= 15 is 0 Å². The number of hydrogen-bond donors (Lipinski definition) is 0. The van der Waals surface area contributed by atoms with Gasteiger partial charge in [0.1, 0.15) is 19.8 Å². The van der Waals surface area contributed by atoms with E-state index in [4.69, 9.17) is 18.5 Å². The van der Waals surface area contributed by atoms with E-state index < -0.39 is 26.5 Å². The molecule has 66 heavy (non-hydrogen) atoms. The van der Waals surface area contributed by atoms with Gasteiger partial charge in [-0.1, -0.05) is 237 Å². The average molecular weight is 954 g/mol. The summed E-state index contributed by atoms with van der Waals surface area (Å²) in [7, 11) is 1.18. The lowest BCUT2D eigenvalue weighted by atomic mass is 10.0. The minimum Gasteiger partial charge on any atom is -0.756 e. The number of unbranched alkanes of at least 4 members (excludes halogenated alkanes) is 34. The fourth-order valence-corrected chi connectivity index (χ4v) is 8.83. The van der Waals surface area contributed by atoms with Gasteiger partial charge in [-0.05, 0) is 44.9 Å². The van der Waals surface area contributed by atoms with E-state index in [1.54, 1.807) is 0 Å². The van der Waals surface area contributed by atoms with E-state index in [1.165, 1.54) is 186 Å². The number of hydrogen-bond acceptors (Lipinski definition) is 8. The summed E-state index contributed by atoms with van der Waals surface area (Å²) in [5.74, 6) is -0.824. The summed E-state index contributed by atoms with van der Waals surface area (Å²) in [5.41, 5.74) is 0. The Kier molecular flexibility index (Phi) is 47.4. The Labute approximate surface area is 409 Å². The summed E-state index contributed by atoms with van der Waals surface area (Å²) in [6.45, 7) is 4.26. The van der Waals surface area contributed by atoms with Crippen LogP contribution in [0.2, 0.25) is 0 Å². The van der Waals surface area contributed by atoms with E-state index in [1.807, 2.05) is 21.1 Å². The van der Waals surface area contributed by atoms with Crippen LogP contribution in [0, 0.1) is 0 Å². The number of rotatable bonds is 52. The van der Waals surface area contributed by atoms with Crippen molar-refractivity contribution in [2.24, 2.45) is 0 Å². The molecule has 0 aliphatic rings. The predicted octanol–water partition coefficient (Wildman–Crippen LogP) is 16.4. The molecule has 0 aromatic carbocycles. The molecule has 0 aromatic heterocycles. The lowest BCUT2D eigenvalue weighted by Gasteiger charge is -2.28. The van der Waals surface area contributed by atoms with Crippen molar-refractivity contribution in [3.63, 3.8) is 0 Å². The maximum absolute atomic E-state index is 12.8. The molecule has 10 heteroatoms. The minimum atomic E-state index is -4.63. The number of phosphoric ester groups is 1. The van der Waals surface area contributed by atoms with Gasteiger partial charge in [-0.15, -0.1) is 0 Å². The third-order valence-corrected chi connectivity index (χ3v) is 13.4. The fraction of sp³-hybridized carbons (Fsp3) is 0.893. The van der Waals surface area contributed by atoms with Gasteiger partial charge in [0.2, 0.25) is 0 Å². The summed E-state index contributed by atoms with van der Waals surface area (Å²) in [4.78, 5) is 37.8. The summed E-state index contributed by atoms with van der Waals surface area (Å²) < 4.78 is 34.1. The van der Waals surface area contributed by atoms with Crippen LogP contribution in [0.3, 0.4) is 0 Å². The van der Waals surface area contributed by atoms with Crippen LogP contribution in [0.4, 0.5) is 0 Å². The Morgan fingerprint density at radius 1 is 0.470 bits per heavy atom. The molecule has 1 unspecified atom stereocenters. The van der Waals surface area contributed by atoms with Crippen molar-refractivity contribution in [1.82, 2.24) is 0 Å². The molecule has 0 N–H and O–H groups in total. The molecule has 0 fully saturated rings. The number of ether oxygens (including phenoxy) is 2. The number of quaternary nitrogens is 1. The zero-order valence-corrected chi connectivity index (χ0v) is 45.1. The van der Waals surface area contributed by atoms with Crippen molar-refractivity contribution < 1.29 is 42.1 Å². The van der Waals surface area contributed by atoms with Gasteiger partial charge in [0.15, 0.2) is 6.10 Å². The van der Waals surface area contributed by atoms with Crippen LogP contribution in [0.1, 0.15) is 271 Å². The van der Waals surface area contributed by atoms with Crippen LogP contribution in [-0.4, -0.2) is 70.0 Å². The number of carbonyl (C=O) groups is 2. The minimum absolute atomic E-state index is 0.0293. The van der Waals surface area contributed by atoms with Gasteiger partial charge < -0.3 is 27.9 Å². The first-order chi connectivity index (χ1) is 32.0. The quantitative estimate of drug-likeness (QED) is 0.0195. The first-order valence-electron chi connectivity index (χ1n) is 28.0. The molecule has 0 saturated carbocycles. The molecule has 0 aromatic rings. The Bertz CT molecular complexity index is 1170. The van der Waals surface area contributed by atoms with Crippen molar-refractivity contribution in [2.45, 2.75) is 277 Å². The SMILES string of the molecule is CCCCC/C=C/C/C=C/CCCCCCCCCCCC(=O)O[C@H](COC(=O)CCCCCCCCCCCCCCCCCCCCCCCCC)COP(=O)([O-])OCC[N+](C)(C)C. The largest absolute Gasteiger partial charge is 0.756 e. The van der Waals surface area contributed by atoms with Crippen molar-refractivity contribution in [3.05, 3.63) is 24.3 Å². The maximum Gasteiger partial charge on any atom is 0.306 e. The molecule has 0 spiro atoms. The van der Waals surface area contributed by atoms with E-state index in [-0.39, 0.29) is 32.0 Å². The molecule has 0 rings (SSSR count). The zero-order chi connectivity index (χ0) is 48.5. The summed E-state index contributed by atoms with van der Waals surface area (Å²) in [6, 6.07) is 0. The molecule has 0 radical (unpaired) electrons. The number of phosphoric acid groups is 1. The molecular weight excluding hydrogens is 846 g/mol. The van der Waals surface area contributed by atoms with Crippen LogP contribution >= 0.6 is 7.82 Å². The molecule has 0 heterocycles. The third kappa shape index (κ3) is 51.9. The van der Waals surface area contributed by atoms with Gasteiger partial charge in [0.25, 0.3) is 7.82 Å². The highest BCUT2D eigenvalue weighted by atomic mass is 31.2. The number of likely N-dealkylation sites (N-methyl/N-ethyl adjacent to an activating group) is 1. The highest BCUT2D eigenvalue weighted by Gasteiger charge is 2.22. The van der Waals surface area contributed by atoms with Crippen LogP contribution in [-0.2, 0) is 32.7 Å². The highest BCUT2D eigenvalue weighted by molar-refractivity contribution is 7.45. The van der Waals surface area contributed by atoms with Crippen LogP contribution < -0.4 is 4.89 Å². The van der Waals surface area contributed by atoms with Gasteiger partial charge >= 0.3 is 11.9 Å². The average Bonchev–Trinajstić information content (AvgIpc) is 3.27. The molecule has 390 valence electrons. The van der Waals surface area contributed by atoms with E-state index in [2.05, 4.69) is 38.2 Å². The normalized spacial score (nSPS) is 13.5. The standard InChI is InChI=1S/C56H108NO8P/c1-6-8-10-12-14-16-18-20-22-24-26-27-28-29-31-32-34-36-38-40-42-44-46-48-55(58)62-52-54(53-64-66(60,61)63-51-50-57(3,4)5)65-56(59)49-47-45-43-41-39-37-35-33-30-25-23-21-19-17-15-13-11-9-7-2/h15,17,21,23,54H,6-14,16,18-20,22,24-53H2,1-5H3/b17-15+,23-21+/t54-/m1/s1. The zero-order valence-electron chi connectivity index (χ0n) is 44.2. The number of nitrogens with zero attached hydrogens (tertiary/aromatic N) is 1. The van der Waals surface area contributed by atoms with Gasteiger partial charge in [-0.25, -0.2) is 0 Å². The Morgan fingerprint density at radius 3 is 1.23 bits per heavy atom. The molecule has 2 atom stereocenters. The van der Waals surface area contributed by atoms with Crippen LogP contribution in [0.5, 0.6) is 0 Å². The van der Waals surface area contributed by atoms with Crippen molar-refractivity contribution in [3.8, 4) is 0 Å². The van der Waals surface area contributed by atoms with Gasteiger partial charge in [0.05, 0.1) is 27.7 Å². The first-order valence-corrected chi connectivity index (χ1v) is 29.5. The molecule has 0 aliphatic heterocycles. The lowest BCUT2D eigenvalue weighted by molar-refractivity contribution is -0.870. The van der Waals surface area contributed by atoms with Gasteiger partial charge in [0, 0.05) is 12.8 Å². The predicted molar refractivity (Wildman–Crippen MR) is 278 cm³/mol. The second kappa shape index (κ2) is 48.5. The Hall–Kier alpha value is -1.51. The lowest BCUT2D eigenvalue weighted by Crippen LogP contribution is -2.37. The van der Waals surface area contributed by atoms with Crippen molar-refractivity contribution >= 4 is 19.8 Å². The van der Waals surface area contributed by atoms with Crippen molar-refractivity contribution in [2.75, 3.05) is 47.5 Å². The Morgan fingerprint density at radius 2 is 0.818 bits per heavy atom. The molecule has 0 aliphatic carbocycles. The monoisotopic (exact) mass is 954 g/mol. The topological polar surface area (TPSA) is 111 Å². The highest BCUT2D eigenvalue weighted by Crippen LogP contribution is 2.38. The second-order valence-electron chi connectivity index (χ2n) is 20.3. The van der Waals surface area contributed by atoms with E-state index in [0.717, 1.165) is 51.4 Å². The molecule has 9 nitrogen and oxygen atoms in total. The molecule has 0 amide bonds. The summed E-state index contributed by atoms with van der Waals surface area (Å²) in [6.07, 6.45) is 56.4. The molecule has 0 bridgehead atoms. The van der Waals surface area contributed by atoms with Crippen LogP contribution in [0.25, 0.3) is 0 Å². The first kappa shape index (κ1) is 64.5. The summed E-state index contributed by atoms with van der Waals surface area (Å²) in [5, 5.41) is 0. The molecular formula is C56H108NO8P. The third-order valence-electron chi connectivity index (χ3n) is 12.5. The molecule has 0 saturated heterocycles. The summed E-state index contributed by atoms with van der Waals surface area (Å²) >= 11 is 0.